The van der Waals surface area contributed by atoms with E-state index in [1.54, 1.807) is 19.2 Å². The van der Waals surface area contributed by atoms with Crippen LogP contribution < -0.4 is 4.90 Å². The fourth-order valence-electron chi connectivity index (χ4n) is 1.35. The van der Waals surface area contributed by atoms with Gasteiger partial charge in [-0.25, -0.2) is 4.39 Å². The maximum atomic E-state index is 12.7. The van der Waals surface area contributed by atoms with Gasteiger partial charge in [-0.05, 0) is 36.4 Å². The third-order valence-corrected chi connectivity index (χ3v) is 2.25. The van der Waals surface area contributed by atoms with Crippen molar-refractivity contribution in [1.82, 2.24) is 0 Å². The van der Waals surface area contributed by atoms with Crippen LogP contribution in [0.15, 0.2) is 47.1 Å². The molecule has 0 saturated heterocycles. The Labute approximate surface area is 92.1 Å². The van der Waals surface area contributed by atoms with Crippen LogP contribution in [-0.2, 0) is 0 Å². The number of halogens is 1. The minimum atomic E-state index is -0.331. The van der Waals surface area contributed by atoms with Gasteiger partial charge in [-0.2, -0.15) is 0 Å². The molecule has 0 saturated carbocycles. The first-order chi connectivity index (χ1) is 7.68. The van der Waals surface area contributed by atoms with E-state index >= 15 is 0 Å². The van der Waals surface area contributed by atoms with Gasteiger partial charge < -0.3 is 9.32 Å². The molecule has 0 spiro atoms. The second-order valence-electron chi connectivity index (χ2n) is 3.32. The first-order valence-electron chi connectivity index (χ1n) is 4.75. The molecule has 4 heteroatoms. The van der Waals surface area contributed by atoms with Crippen molar-refractivity contribution in [2.75, 3.05) is 11.9 Å². The summed E-state index contributed by atoms with van der Waals surface area (Å²) in [6.45, 7) is 0. The van der Waals surface area contributed by atoms with E-state index in [0.717, 1.165) is 0 Å². The zero-order chi connectivity index (χ0) is 11.5. The van der Waals surface area contributed by atoms with Crippen LogP contribution in [-0.4, -0.2) is 13.0 Å². The van der Waals surface area contributed by atoms with Crippen molar-refractivity contribution in [1.29, 1.82) is 0 Å². The molecular weight excluding hydrogens is 209 g/mol. The van der Waals surface area contributed by atoms with Crippen LogP contribution in [0.1, 0.15) is 10.6 Å². The van der Waals surface area contributed by atoms with E-state index in [0.29, 0.717) is 5.69 Å². The molecular formula is C12H10FNO2. The number of hydrogen-bond donors (Lipinski definition) is 0. The van der Waals surface area contributed by atoms with Crippen LogP contribution in [0.2, 0.25) is 0 Å². The Hall–Kier alpha value is -2.10. The summed E-state index contributed by atoms with van der Waals surface area (Å²) in [5.41, 5.74) is 0.614. The lowest BCUT2D eigenvalue weighted by Crippen LogP contribution is -2.25. The number of benzene rings is 1. The standard InChI is InChI=1S/C12H10FNO2/c1-14(10-6-4-9(13)5-7-10)12(15)11-3-2-8-16-11/h2-8H,1H3. The Morgan fingerprint density at radius 2 is 1.94 bits per heavy atom. The average molecular weight is 219 g/mol. The first-order valence-corrected chi connectivity index (χ1v) is 4.75. The first kappa shape index (κ1) is 10.4. The Morgan fingerprint density at radius 3 is 2.50 bits per heavy atom. The number of nitrogens with zero attached hydrogens (tertiary/aromatic N) is 1. The number of rotatable bonds is 2. The summed E-state index contributed by atoms with van der Waals surface area (Å²) in [4.78, 5) is 13.2. The molecule has 0 N–H and O–H groups in total. The van der Waals surface area contributed by atoms with Gasteiger partial charge in [-0.15, -0.1) is 0 Å². The highest BCUT2D eigenvalue weighted by atomic mass is 19.1. The van der Waals surface area contributed by atoms with Gasteiger partial charge in [0, 0.05) is 12.7 Å². The second kappa shape index (κ2) is 4.18. The maximum Gasteiger partial charge on any atom is 0.293 e. The van der Waals surface area contributed by atoms with E-state index in [1.807, 2.05) is 0 Å². The highest BCUT2D eigenvalue weighted by Crippen LogP contribution is 2.16. The quantitative estimate of drug-likeness (QED) is 0.778. The van der Waals surface area contributed by atoms with Gasteiger partial charge in [-0.1, -0.05) is 0 Å². The largest absolute Gasteiger partial charge is 0.459 e. The van der Waals surface area contributed by atoms with Crippen LogP contribution in [0.3, 0.4) is 0 Å². The van der Waals surface area contributed by atoms with E-state index in [4.69, 9.17) is 4.42 Å². The van der Waals surface area contributed by atoms with Crippen LogP contribution in [0.5, 0.6) is 0 Å². The number of furan rings is 1. The predicted octanol–water partition coefficient (Wildman–Crippen LogP) is 2.70. The van der Waals surface area contributed by atoms with Crippen molar-refractivity contribution in [3.05, 3.63) is 54.2 Å². The molecule has 82 valence electrons. The SMILES string of the molecule is CN(C(=O)c1ccco1)c1ccc(F)cc1. The lowest BCUT2D eigenvalue weighted by molar-refractivity contribution is 0.0966. The van der Waals surface area contributed by atoms with Gasteiger partial charge in [0.15, 0.2) is 5.76 Å². The molecule has 1 aromatic heterocycles. The number of carbonyl (C=O) groups is 1. The van der Waals surface area contributed by atoms with Crippen LogP contribution in [0, 0.1) is 5.82 Å². The van der Waals surface area contributed by atoms with E-state index in [2.05, 4.69) is 0 Å². The zero-order valence-electron chi connectivity index (χ0n) is 8.68. The predicted molar refractivity (Wildman–Crippen MR) is 57.8 cm³/mol. The maximum absolute atomic E-state index is 12.7. The minimum Gasteiger partial charge on any atom is -0.459 e. The van der Waals surface area contributed by atoms with Crippen molar-refractivity contribution in [3.63, 3.8) is 0 Å². The molecule has 0 unspecified atom stereocenters. The van der Waals surface area contributed by atoms with Crippen molar-refractivity contribution < 1.29 is 13.6 Å². The smallest absolute Gasteiger partial charge is 0.293 e. The van der Waals surface area contributed by atoms with Gasteiger partial charge >= 0.3 is 0 Å². The van der Waals surface area contributed by atoms with E-state index < -0.39 is 0 Å². The molecule has 2 aromatic rings. The third kappa shape index (κ3) is 1.95. The molecule has 0 fully saturated rings. The lowest BCUT2D eigenvalue weighted by Gasteiger charge is -2.15. The van der Waals surface area contributed by atoms with Crippen molar-refractivity contribution >= 4 is 11.6 Å². The molecule has 16 heavy (non-hydrogen) atoms. The highest BCUT2D eigenvalue weighted by molar-refractivity contribution is 6.03. The van der Waals surface area contributed by atoms with Crippen LogP contribution in [0.4, 0.5) is 10.1 Å². The topological polar surface area (TPSA) is 33.5 Å². The van der Waals surface area contributed by atoms with Crippen molar-refractivity contribution in [3.8, 4) is 0 Å². The molecule has 0 aliphatic rings. The molecule has 1 heterocycles. The summed E-state index contributed by atoms with van der Waals surface area (Å²) < 4.78 is 17.7. The number of amides is 1. The molecule has 0 aliphatic heterocycles. The average Bonchev–Trinajstić information content (AvgIpc) is 2.81. The van der Waals surface area contributed by atoms with Crippen molar-refractivity contribution in [2.45, 2.75) is 0 Å². The zero-order valence-corrected chi connectivity index (χ0v) is 8.68. The summed E-state index contributed by atoms with van der Waals surface area (Å²) in [6, 6.07) is 8.92. The Balaban J connectivity index is 2.22. The number of carbonyl (C=O) groups excluding carboxylic acids is 1. The van der Waals surface area contributed by atoms with E-state index in [9.17, 15) is 9.18 Å². The summed E-state index contributed by atoms with van der Waals surface area (Å²) >= 11 is 0. The summed E-state index contributed by atoms with van der Waals surface area (Å²) in [7, 11) is 1.61. The Bertz CT molecular complexity index is 476. The third-order valence-electron chi connectivity index (χ3n) is 2.25. The minimum absolute atomic E-state index is 0.256. The molecule has 1 aromatic carbocycles. The van der Waals surface area contributed by atoms with Gasteiger partial charge in [-0.3, -0.25) is 4.79 Å². The molecule has 0 radical (unpaired) electrons. The molecule has 0 atom stereocenters. The fraction of sp³-hybridized carbons (Fsp3) is 0.0833. The Kier molecular flexibility index (Phi) is 2.72. The van der Waals surface area contributed by atoms with E-state index in [1.165, 1.54) is 35.4 Å². The molecule has 2 rings (SSSR count). The normalized spacial score (nSPS) is 10.1. The number of anilines is 1. The molecule has 0 aliphatic carbocycles. The monoisotopic (exact) mass is 219 g/mol. The second-order valence-corrected chi connectivity index (χ2v) is 3.32. The van der Waals surface area contributed by atoms with Crippen LogP contribution in [0.25, 0.3) is 0 Å². The van der Waals surface area contributed by atoms with Gasteiger partial charge in [0.05, 0.1) is 6.26 Å². The molecule has 3 nitrogen and oxygen atoms in total. The van der Waals surface area contributed by atoms with Gasteiger partial charge in [0.2, 0.25) is 0 Å². The van der Waals surface area contributed by atoms with Gasteiger partial charge in [0.25, 0.3) is 5.91 Å². The van der Waals surface area contributed by atoms with E-state index in [-0.39, 0.29) is 17.5 Å². The summed E-state index contributed by atoms with van der Waals surface area (Å²) in [5, 5.41) is 0. The van der Waals surface area contributed by atoms with Crippen molar-refractivity contribution in [2.24, 2.45) is 0 Å². The molecule has 0 bridgehead atoms. The highest BCUT2D eigenvalue weighted by Gasteiger charge is 2.15. The van der Waals surface area contributed by atoms with Gasteiger partial charge in [0.1, 0.15) is 5.82 Å². The van der Waals surface area contributed by atoms with Crippen LogP contribution >= 0.6 is 0 Å². The lowest BCUT2D eigenvalue weighted by atomic mass is 10.2. The number of hydrogen-bond acceptors (Lipinski definition) is 2. The Morgan fingerprint density at radius 1 is 1.25 bits per heavy atom. The molecule has 1 amide bonds. The summed E-state index contributed by atoms with van der Waals surface area (Å²) in [6.07, 6.45) is 1.44. The fourth-order valence-corrected chi connectivity index (χ4v) is 1.35. The summed E-state index contributed by atoms with van der Waals surface area (Å²) in [5.74, 6) is -0.342.